The molecule has 2 aromatic rings. The fraction of sp³-hybridized carbons (Fsp3) is 0.400. The Labute approximate surface area is 118 Å². The van der Waals surface area contributed by atoms with E-state index in [9.17, 15) is 0 Å². The van der Waals surface area contributed by atoms with E-state index in [-0.39, 0.29) is 0 Å². The van der Waals surface area contributed by atoms with E-state index in [0.29, 0.717) is 6.04 Å². The van der Waals surface area contributed by atoms with Crippen molar-refractivity contribution in [3.8, 4) is 16.3 Å². The van der Waals surface area contributed by atoms with Crippen molar-refractivity contribution in [1.82, 2.24) is 10.3 Å². The Morgan fingerprint density at radius 3 is 3.00 bits per heavy atom. The number of aromatic nitrogens is 1. The molecule has 0 aliphatic heterocycles. The third kappa shape index (κ3) is 3.78. The largest absolute Gasteiger partial charge is 0.497 e. The Hall–Kier alpha value is -1.39. The molecule has 1 aromatic heterocycles. The first kappa shape index (κ1) is 14.0. The zero-order chi connectivity index (χ0) is 13.7. The predicted octanol–water partition coefficient (Wildman–Crippen LogP) is 3.71. The third-order valence-corrected chi connectivity index (χ3v) is 4.05. The average molecular weight is 276 g/mol. The van der Waals surface area contributed by atoms with Gasteiger partial charge in [-0.15, -0.1) is 11.3 Å². The van der Waals surface area contributed by atoms with Crippen LogP contribution in [0.5, 0.6) is 5.75 Å². The van der Waals surface area contributed by atoms with Gasteiger partial charge >= 0.3 is 0 Å². The van der Waals surface area contributed by atoms with Crippen LogP contribution < -0.4 is 10.1 Å². The van der Waals surface area contributed by atoms with Crippen molar-refractivity contribution in [3.05, 3.63) is 35.3 Å². The molecule has 1 unspecified atom stereocenters. The maximum atomic E-state index is 5.24. The molecule has 102 valence electrons. The van der Waals surface area contributed by atoms with Gasteiger partial charge in [0.25, 0.3) is 0 Å². The first-order valence-corrected chi connectivity index (χ1v) is 7.43. The Morgan fingerprint density at radius 2 is 2.26 bits per heavy atom. The minimum Gasteiger partial charge on any atom is -0.497 e. The topological polar surface area (TPSA) is 34.1 Å². The molecule has 4 heteroatoms. The highest BCUT2D eigenvalue weighted by atomic mass is 32.1. The second-order valence-corrected chi connectivity index (χ2v) is 5.42. The summed E-state index contributed by atoms with van der Waals surface area (Å²) in [5.41, 5.74) is 2.21. The van der Waals surface area contributed by atoms with Gasteiger partial charge in [-0.3, -0.25) is 0 Å². The lowest BCUT2D eigenvalue weighted by Gasteiger charge is -2.08. The third-order valence-electron chi connectivity index (χ3n) is 3.11. The van der Waals surface area contributed by atoms with Gasteiger partial charge in [-0.2, -0.15) is 0 Å². The number of nitrogens with one attached hydrogen (secondary N) is 1. The van der Waals surface area contributed by atoms with Gasteiger partial charge in [0.1, 0.15) is 10.8 Å². The van der Waals surface area contributed by atoms with Crippen LogP contribution in [-0.4, -0.2) is 18.1 Å². The molecule has 0 saturated carbocycles. The van der Waals surface area contributed by atoms with Crippen molar-refractivity contribution >= 4 is 11.3 Å². The van der Waals surface area contributed by atoms with E-state index in [0.717, 1.165) is 35.0 Å². The van der Waals surface area contributed by atoms with Crippen molar-refractivity contribution in [3.63, 3.8) is 0 Å². The standard InChI is InChI=1S/C15H20N2OS/c1-4-11(2)16-9-13-10-19-15(17-13)12-6-5-7-14(8-12)18-3/h5-8,10-11,16H,4,9H2,1-3H3. The Morgan fingerprint density at radius 1 is 1.42 bits per heavy atom. The number of thiazole rings is 1. The van der Waals surface area contributed by atoms with E-state index in [1.807, 2.05) is 18.2 Å². The summed E-state index contributed by atoms with van der Waals surface area (Å²) in [4.78, 5) is 4.66. The summed E-state index contributed by atoms with van der Waals surface area (Å²) in [7, 11) is 1.68. The minimum atomic E-state index is 0.530. The van der Waals surface area contributed by atoms with Crippen LogP contribution in [0.3, 0.4) is 0 Å². The average Bonchev–Trinajstić information content (AvgIpc) is 2.93. The van der Waals surface area contributed by atoms with Crippen molar-refractivity contribution in [2.45, 2.75) is 32.9 Å². The van der Waals surface area contributed by atoms with Gasteiger partial charge in [0.15, 0.2) is 0 Å². The van der Waals surface area contributed by atoms with E-state index in [2.05, 4.69) is 35.6 Å². The molecule has 0 bridgehead atoms. The highest BCUT2D eigenvalue weighted by Crippen LogP contribution is 2.26. The van der Waals surface area contributed by atoms with Crippen LogP contribution in [0, 0.1) is 0 Å². The van der Waals surface area contributed by atoms with Crippen molar-refractivity contribution < 1.29 is 4.74 Å². The second-order valence-electron chi connectivity index (χ2n) is 4.57. The van der Waals surface area contributed by atoms with Gasteiger partial charge in [-0.1, -0.05) is 19.1 Å². The summed E-state index contributed by atoms with van der Waals surface area (Å²) < 4.78 is 5.24. The summed E-state index contributed by atoms with van der Waals surface area (Å²) in [6.07, 6.45) is 1.13. The zero-order valence-electron chi connectivity index (χ0n) is 11.6. The summed E-state index contributed by atoms with van der Waals surface area (Å²) in [5.74, 6) is 0.868. The predicted molar refractivity (Wildman–Crippen MR) is 80.7 cm³/mol. The van der Waals surface area contributed by atoms with E-state index in [1.54, 1.807) is 18.4 Å². The zero-order valence-corrected chi connectivity index (χ0v) is 12.5. The summed E-state index contributed by atoms with van der Waals surface area (Å²) in [5, 5.41) is 6.61. The molecule has 3 nitrogen and oxygen atoms in total. The maximum absolute atomic E-state index is 5.24. The molecular formula is C15H20N2OS. The number of hydrogen-bond acceptors (Lipinski definition) is 4. The molecule has 1 atom stereocenters. The van der Waals surface area contributed by atoms with Gasteiger partial charge in [0.05, 0.1) is 12.8 Å². The summed E-state index contributed by atoms with van der Waals surface area (Å²) >= 11 is 1.67. The van der Waals surface area contributed by atoms with E-state index in [4.69, 9.17) is 4.74 Å². The number of ether oxygens (including phenoxy) is 1. The number of benzene rings is 1. The van der Waals surface area contributed by atoms with Crippen molar-refractivity contribution in [2.75, 3.05) is 7.11 Å². The highest BCUT2D eigenvalue weighted by Gasteiger charge is 2.06. The first-order valence-electron chi connectivity index (χ1n) is 6.55. The molecule has 1 heterocycles. The number of rotatable bonds is 6. The van der Waals surface area contributed by atoms with Gasteiger partial charge in [-0.25, -0.2) is 4.98 Å². The van der Waals surface area contributed by atoms with Crippen molar-refractivity contribution in [2.24, 2.45) is 0 Å². The molecule has 1 aromatic carbocycles. The molecule has 0 saturated heterocycles. The molecule has 0 fully saturated rings. The van der Waals surface area contributed by atoms with E-state index < -0.39 is 0 Å². The molecule has 0 aliphatic carbocycles. The van der Waals surface area contributed by atoms with Crippen molar-refractivity contribution in [1.29, 1.82) is 0 Å². The van der Waals surface area contributed by atoms with Crippen LogP contribution in [-0.2, 0) is 6.54 Å². The minimum absolute atomic E-state index is 0.530. The van der Waals surface area contributed by atoms with Crippen LogP contribution >= 0.6 is 11.3 Å². The number of nitrogens with zero attached hydrogens (tertiary/aromatic N) is 1. The SMILES string of the molecule is CCC(C)NCc1csc(-c2cccc(OC)c2)n1. The summed E-state index contributed by atoms with van der Waals surface area (Å²) in [6, 6.07) is 8.55. The fourth-order valence-electron chi connectivity index (χ4n) is 1.70. The quantitative estimate of drug-likeness (QED) is 0.873. The molecule has 0 aliphatic rings. The van der Waals surface area contributed by atoms with Gasteiger partial charge in [-0.05, 0) is 25.5 Å². The lowest BCUT2D eigenvalue weighted by molar-refractivity contribution is 0.415. The van der Waals surface area contributed by atoms with E-state index >= 15 is 0 Å². The second kappa shape index (κ2) is 6.68. The Bertz CT molecular complexity index is 524. The molecule has 0 spiro atoms. The van der Waals surface area contributed by atoms with Crippen LogP contribution in [0.1, 0.15) is 26.0 Å². The lowest BCUT2D eigenvalue weighted by Crippen LogP contribution is -2.24. The molecular weight excluding hydrogens is 256 g/mol. The van der Waals surface area contributed by atoms with Crippen LogP contribution in [0.2, 0.25) is 0 Å². The smallest absolute Gasteiger partial charge is 0.123 e. The fourth-order valence-corrected chi connectivity index (χ4v) is 2.52. The monoisotopic (exact) mass is 276 g/mol. The molecule has 19 heavy (non-hydrogen) atoms. The normalized spacial score (nSPS) is 12.4. The van der Waals surface area contributed by atoms with Crippen LogP contribution in [0.4, 0.5) is 0 Å². The molecule has 0 amide bonds. The highest BCUT2D eigenvalue weighted by molar-refractivity contribution is 7.13. The summed E-state index contributed by atoms with van der Waals surface area (Å²) in [6.45, 7) is 5.20. The number of methoxy groups -OCH3 is 1. The van der Waals surface area contributed by atoms with Crippen LogP contribution in [0.25, 0.3) is 10.6 Å². The van der Waals surface area contributed by atoms with Gasteiger partial charge < -0.3 is 10.1 Å². The number of hydrogen-bond donors (Lipinski definition) is 1. The Balaban J connectivity index is 2.07. The Kier molecular flexibility index (Phi) is 4.93. The van der Waals surface area contributed by atoms with Gasteiger partial charge in [0.2, 0.25) is 0 Å². The maximum Gasteiger partial charge on any atom is 0.123 e. The van der Waals surface area contributed by atoms with E-state index in [1.165, 1.54) is 0 Å². The molecule has 0 radical (unpaired) electrons. The molecule has 2 rings (SSSR count). The first-order chi connectivity index (χ1) is 9.22. The van der Waals surface area contributed by atoms with Crippen LogP contribution in [0.15, 0.2) is 29.6 Å². The lowest BCUT2D eigenvalue weighted by atomic mass is 10.2. The molecule has 1 N–H and O–H groups in total. The van der Waals surface area contributed by atoms with Gasteiger partial charge in [0, 0.05) is 23.5 Å².